The molecular formula is C14H13NO2. The van der Waals surface area contributed by atoms with Crippen LogP contribution < -0.4 is 5.73 Å². The van der Waals surface area contributed by atoms with E-state index in [1.165, 1.54) is 12.2 Å². The van der Waals surface area contributed by atoms with Gasteiger partial charge in [0.05, 0.1) is 0 Å². The van der Waals surface area contributed by atoms with Crippen molar-refractivity contribution in [3.8, 4) is 0 Å². The van der Waals surface area contributed by atoms with Gasteiger partial charge in [-0.2, -0.15) is 0 Å². The molecule has 0 atom stereocenters. The van der Waals surface area contributed by atoms with E-state index in [1.54, 1.807) is 12.2 Å². The van der Waals surface area contributed by atoms with Crippen LogP contribution in [0.15, 0.2) is 54.6 Å². The van der Waals surface area contributed by atoms with Crippen LogP contribution >= 0.6 is 0 Å². The van der Waals surface area contributed by atoms with Gasteiger partial charge in [-0.3, -0.25) is 9.59 Å². The third kappa shape index (κ3) is 2.33. The number of benzene rings is 1. The summed E-state index contributed by atoms with van der Waals surface area (Å²) in [5, 5.41) is 0. The van der Waals surface area contributed by atoms with Gasteiger partial charge < -0.3 is 5.73 Å². The summed E-state index contributed by atoms with van der Waals surface area (Å²) in [5.41, 5.74) is 5.66. The molecule has 0 aromatic heterocycles. The highest BCUT2D eigenvalue weighted by Crippen LogP contribution is 2.33. The maximum Gasteiger partial charge on any atom is 0.218 e. The minimum atomic E-state index is -0.582. The molecular weight excluding hydrogens is 214 g/mol. The molecule has 3 nitrogen and oxygen atoms in total. The predicted octanol–water partition coefficient (Wildman–Crippen LogP) is 1.49. The summed E-state index contributed by atoms with van der Waals surface area (Å²) in [6.07, 6.45) is 6.62. The lowest BCUT2D eigenvalue weighted by molar-refractivity contribution is -0.118. The first kappa shape index (κ1) is 11.3. The molecule has 0 saturated heterocycles. The fourth-order valence-electron chi connectivity index (χ4n) is 2.02. The van der Waals surface area contributed by atoms with Crippen molar-refractivity contribution >= 4 is 11.7 Å². The van der Waals surface area contributed by atoms with E-state index in [4.69, 9.17) is 5.73 Å². The summed E-state index contributed by atoms with van der Waals surface area (Å²) in [4.78, 5) is 22.4. The number of carbonyl (C=O) groups excluding carboxylic acids is 2. The number of hydrogen-bond acceptors (Lipinski definition) is 2. The van der Waals surface area contributed by atoms with Crippen molar-refractivity contribution in [2.24, 2.45) is 5.73 Å². The molecule has 1 aliphatic carbocycles. The van der Waals surface area contributed by atoms with E-state index in [-0.39, 0.29) is 12.2 Å². The average molecular weight is 227 g/mol. The molecule has 0 saturated carbocycles. The molecule has 2 N–H and O–H groups in total. The van der Waals surface area contributed by atoms with Crippen molar-refractivity contribution in [3.63, 3.8) is 0 Å². The van der Waals surface area contributed by atoms with Gasteiger partial charge in [-0.05, 0) is 17.7 Å². The molecule has 0 heterocycles. The fourth-order valence-corrected chi connectivity index (χ4v) is 2.02. The minimum absolute atomic E-state index is 0.0685. The zero-order valence-electron chi connectivity index (χ0n) is 9.30. The molecule has 1 aromatic carbocycles. The number of carbonyl (C=O) groups is 2. The Bertz CT molecular complexity index is 484. The second-order valence-corrected chi connectivity index (χ2v) is 4.12. The molecule has 2 rings (SSSR count). The van der Waals surface area contributed by atoms with Crippen molar-refractivity contribution in [1.29, 1.82) is 0 Å². The first-order chi connectivity index (χ1) is 8.12. The van der Waals surface area contributed by atoms with E-state index < -0.39 is 11.3 Å². The summed E-state index contributed by atoms with van der Waals surface area (Å²) in [6, 6.07) is 9.55. The van der Waals surface area contributed by atoms with Crippen LogP contribution in [0.25, 0.3) is 0 Å². The second-order valence-electron chi connectivity index (χ2n) is 4.12. The molecule has 0 unspecified atom stereocenters. The van der Waals surface area contributed by atoms with Gasteiger partial charge in [-0.25, -0.2) is 0 Å². The summed E-state index contributed by atoms with van der Waals surface area (Å²) in [7, 11) is 0. The summed E-state index contributed by atoms with van der Waals surface area (Å²) in [6.45, 7) is 0. The van der Waals surface area contributed by atoms with Crippen molar-refractivity contribution in [2.75, 3.05) is 0 Å². The van der Waals surface area contributed by atoms with Crippen LogP contribution in [-0.4, -0.2) is 11.7 Å². The standard InChI is InChI=1S/C14H13NO2/c15-13(17)10-14(8-6-12(16)7-9-14)11-4-2-1-3-5-11/h1-9H,10H2,(H2,15,17). The van der Waals surface area contributed by atoms with Gasteiger partial charge in [0.1, 0.15) is 0 Å². The van der Waals surface area contributed by atoms with E-state index in [0.717, 1.165) is 5.56 Å². The van der Waals surface area contributed by atoms with Crippen LogP contribution in [-0.2, 0) is 15.0 Å². The number of amides is 1. The van der Waals surface area contributed by atoms with Crippen LogP contribution in [0.3, 0.4) is 0 Å². The molecule has 1 aromatic rings. The Morgan fingerprint density at radius 2 is 1.71 bits per heavy atom. The number of nitrogens with two attached hydrogens (primary N) is 1. The number of hydrogen-bond donors (Lipinski definition) is 1. The fraction of sp³-hybridized carbons (Fsp3) is 0.143. The Balaban J connectivity index is 2.45. The maximum absolute atomic E-state index is 11.2. The molecule has 1 aliphatic rings. The Kier molecular flexibility index (Phi) is 2.91. The molecule has 0 spiro atoms. The topological polar surface area (TPSA) is 60.2 Å². The van der Waals surface area contributed by atoms with Crippen LogP contribution in [0, 0.1) is 0 Å². The summed E-state index contributed by atoms with van der Waals surface area (Å²) < 4.78 is 0. The first-order valence-corrected chi connectivity index (χ1v) is 5.39. The van der Waals surface area contributed by atoms with Crippen molar-refractivity contribution < 1.29 is 9.59 Å². The average Bonchev–Trinajstić information content (AvgIpc) is 2.33. The number of rotatable bonds is 3. The summed E-state index contributed by atoms with van der Waals surface area (Å²) >= 11 is 0. The Hall–Kier alpha value is -2.16. The number of primary amides is 1. The smallest absolute Gasteiger partial charge is 0.218 e. The lowest BCUT2D eigenvalue weighted by Crippen LogP contribution is -2.30. The van der Waals surface area contributed by atoms with Crippen molar-refractivity contribution in [3.05, 3.63) is 60.2 Å². The molecule has 0 radical (unpaired) electrons. The number of ketones is 1. The third-order valence-corrected chi connectivity index (χ3v) is 2.87. The molecule has 0 fully saturated rings. The molecule has 17 heavy (non-hydrogen) atoms. The van der Waals surface area contributed by atoms with Gasteiger partial charge in [0.25, 0.3) is 0 Å². The minimum Gasteiger partial charge on any atom is -0.370 e. The maximum atomic E-state index is 11.2. The normalized spacial score (nSPS) is 17.1. The highest BCUT2D eigenvalue weighted by molar-refractivity contribution is 6.01. The van der Waals surface area contributed by atoms with Gasteiger partial charge in [-0.15, -0.1) is 0 Å². The summed E-state index contributed by atoms with van der Waals surface area (Å²) in [5.74, 6) is -0.460. The van der Waals surface area contributed by atoms with Gasteiger partial charge in [0.15, 0.2) is 5.78 Å². The van der Waals surface area contributed by atoms with E-state index in [0.29, 0.717) is 0 Å². The molecule has 3 heteroatoms. The predicted molar refractivity (Wildman–Crippen MR) is 65.2 cm³/mol. The van der Waals surface area contributed by atoms with Crippen LogP contribution in [0.5, 0.6) is 0 Å². The van der Waals surface area contributed by atoms with Crippen LogP contribution in [0.4, 0.5) is 0 Å². The van der Waals surface area contributed by atoms with Crippen molar-refractivity contribution in [1.82, 2.24) is 0 Å². The highest BCUT2D eigenvalue weighted by atomic mass is 16.1. The van der Waals surface area contributed by atoms with Crippen LogP contribution in [0.1, 0.15) is 12.0 Å². The van der Waals surface area contributed by atoms with E-state index >= 15 is 0 Å². The Labute approximate surface area is 99.6 Å². The molecule has 86 valence electrons. The SMILES string of the molecule is NC(=O)CC1(c2ccccc2)C=CC(=O)C=C1. The largest absolute Gasteiger partial charge is 0.370 e. The second kappa shape index (κ2) is 4.37. The Morgan fingerprint density at radius 1 is 1.12 bits per heavy atom. The van der Waals surface area contributed by atoms with Gasteiger partial charge in [0.2, 0.25) is 5.91 Å². The lowest BCUT2D eigenvalue weighted by Gasteiger charge is -2.28. The Morgan fingerprint density at radius 3 is 2.24 bits per heavy atom. The van der Waals surface area contributed by atoms with E-state index in [9.17, 15) is 9.59 Å². The third-order valence-electron chi connectivity index (χ3n) is 2.87. The van der Waals surface area contributed by atoms with Crippen LogP contribution in [0.2, 0.25) is 0 Å². The first-order valence-electron chi connectivity index (χ1n) is 5.39. The van der Waals surface area contributed by atoms with E-state index in [2.05, 4.69) is 0 Å². The van der Waals surface area contributed by atoms with Gasteiger partial charge in [-0.1, -0.05) is 42.5 Å². The van der Waals surface area contributed by atoms with Crippen molar-refractivity contribution in [2.45, 2.75) is 11.8 Å². The van der Waals surface area contributed by atoms with Gasteiger partial charge >= 0.3 is 0 Å². The molecule has 0 aliphatic heterocycles. The molecule has 1 amide bonds. The highest BCUT2D eigenvalue weighted by Gasteiger charge is 2.30. The quantitative estimate of drug-likeness (QED) is 0.850. The molecule has 0 bridgehead atoms. The van der Waals surface area contributed by atoms with Gasteiger partial charge in [0, 0.05) is 11.8 Å². The monoisotopic (exact) mass is 227 g/mol. The van der Waals surface area contributed by atoms with E-state index in [1.807, 2.05) is 30.3 Å². The zero-order chi connectivity index (χ0) is 12.3. The zero-order valence-corrected chi connectivity index (χ0v) is 9.30. The lowest BCUT2D eigenvalue weighted by atomic mass is 9.75. The number of allylic oxidation sites excluding steroid dienone is 4.